The van der Waals surface area contributed by atoms with Crippen molar-refractivity contribution in [1.29, 1.82) is 0 Å². The molecule has 1 aromatic heterocycles. The van der Waals surface area contributed by atoms with Crippen molar-refractivity contribution in [2.45, 2.75) is 6.61 Å². The number of nitrogens with one attached hydrogen (secondary N) is 1. The average molecular weight is 348 g/mol. The van der Waals surface area contributed by atoms with Gasteiger partial charge in [0.15, 0.2) is 5.15 Å². The molecule has 1 heterocycles. The second-order valence-corrected chi connectivity index (χ2v) is 5.10. The monoisotopic (exact) mass is 346 g/mol. The summed E-state index contributed by atoms with van der Waals surface area (Å²) in [7, 11) is 0. The number of anilines is 1. The van der Waals surface area contributed by atoms with Crippen LogP contribution in [0, 0.1) is 0 Å². The fourth-order valence-electron chi connectivity index (χ4n) is 1.56. The topological polar surface area (TPSA) is 71.5 Å². The Hall–Kier alpha value is -1.69. The highest BCUT2D eigenvalue weighted by Crippen LogP contribution is 2.31. The molecule has 0 aliphatic heterocycles. The van der Waals surface area contributed by atoms with Crippen LogP contribution in [0.25, 0.3) is 0 Å². The van der Waals surface area contributed by atoms with Crippen molar-refractivity contribution < 1.29 is 14.6 Å². The summed E-state index contributed by atoms with van der Waals surface area (Å²) >= 11 is 17.5. The highest BCUT2D eigenvalue weighted by atomic mass is 35.5. The van der Waals surface area contributed by atoms with Crippen molar-refractivity contribution in [3.63, 3.8) is 0 Å². The van der Waals surface area contributed by atoms with Gasteiger partial charge in [-0.3, -0.25) is 5.32 Å². The van der Waals surface area contributed by atoms with E-state index in [1.165, 1.54) is 6.07 Å². The van der Waals surface area contributed by atoms with Gasteiger partial charge in [-0.1, -0.05) is 53.0 Å². The van der Waals surface area contributed by atoms with Crippen LogP contribution in [-0.4, -0.2) is 16.2 Å². The second kappa shape index (κ2) is 6.85. The summed E-state index contributed by atoms with van der Waals surface area (Å²) in [4.78, 5) is 14.6. The molecule has 2 N–H and O–H groups in total. The van der Waals surface area contributed by atoms with E-state index in [1.807, 2.05) is 0 Å². The van der Waals surface area contributed by atoms with Crippen LogP contribution in [0.3, 0.4) is 0 Å². The third-order valence-corrected chi connectivity index (χ3v) is 3.42. The van der Waals surface area contributed by atoms with Gasteiger partial charge >= 0.3 is 6.09 Å². The van der Waals surface area contributed by atoms with Gasteiger partial charge < -0.3 is 9.84 Å². The fourth-order valence-corrected chi connectivity index (χ4v) is 2.10. The van der Waals surface area contributed by atoms with Gasteiger partial charge in [-0.25, -0.2) is 4.79 Å². The number of pyridine rings is 1. The first kappa shape index (κ1) is 15.7. The quantitative estimate of drug-likeness (QED) is 0.786. The molecular formula is C13H9Cl3N2O3. The maximum atomic E-state index is 10.7. The molecule has 0 fully saturated rings. The van der Waals surface area contributed by atoms with Gasteiger partial charge in [0.05, 0.1) is 10.7 Å². The number of hydrogen-bond donors (Lipinski definition) is 2. The number of rotatable bonds is 4. The zero-order valence-corrected chi connectivity index (χ0v) is 12.7. The van der Waals surface area contributed by atoms with Crippen molar-refractivity contribution in [1.82, 2.24) is 4.98 Å². The van der Waals surface area contributed by atoms with Gasteiger partial charge in [0.25, 0.3) is 0 Å². The van der Waals surface area contributed by atoms with E-state index in [-0.39, 0.29) is 27.7 Å². The number of ether oxygens (including phenoxy) is 1. The van der Waals surface area contributed by atoms with Crippen molar-refractivity contribution in [2.24, 2.45) is 0 Å². The lowest BCUT2D eigenvalue weighted by Gasteiger charge is -2.11. The molecule has 0 spiro atoms. The third kappa shape index (κ3) is 4.14. The number of hydrogen-bond acceptors (Lipinski definition) is 3. The molecule has 0 atom stereocenters. The summed E-state index contributed by atoms with van der Waals surface area (Å²) in [6.07, 6.45) is -1.16. The number of aromatic nitrogens is 1. The Morgan fingerprint density at radius 2 is 1.95 bits per heavy atom. The predicted octanol–water partition coefficient (Wildman–Crippen LogP) is 4.71. The molecule has 5 nitrogen and oxygen atoms in total. The summed E-state index contributed by atoms with van der Waals surface area (Å²) in [5, 5.41) is 11.6. The van der Waals surface area contributed by atoms with Crippen LogP contribution in [0.15, 0.2) is 30.3 Å². The van der Waals surface area contributed by atoms with E-state index in [9.17, 15) is 4.79 Å². The van der Waals surface area contributed by atoms with E-state index >= 15 is 0 Å². The summed E-state index contributed by atoms with van der Waals surface area (Å²) < 4.78 is 5.46. The molecule has 0 saturated carbocycles. The van der Waals surface area contributed by atoms with Crippen LogP contribution in [0.5, 0.6) is 5.88 Å². The van der Waals surface area contributed by atoms with Crippen LogP contribution in [0.1, 0.15) is 5.56 Å². The standard InChI is InChI=1S/C13H9Cl3N2O3/c14-8-5-9(15)12(18-11(8)16)21-6-7-3-1-2-4-10(7)17-13(19)20/h1-5,17H,6H2,(H,19,20). The average Bonchev–Trinajstić information content (AvgIpc) is 2.42. The summed E-state index contributed by atoms with van der Waals surface area (Å²) in [6.45, 7) is 0.0706. The largest absolute Gasteiger partial charge is 0.472 e. The number of benzene rings is 1. The maximum Gasteiger partial charge on any atom is 0.409 e. The molecular weight excluding hydrogens is 339 g/mol. The second-order valence-electron chi connectivity index (χ2n) is 3.92. The molecule has 1 amide bonds. The Balaban J connectivity index is 2.17. The Morgan fingerprint density at radius 1 is 1.24 bits per heavy atom. The van der Waals surface area contributed by atoms with E-state index in [1.54, 1.807) is 24.3 Å². The Morgan fingerprint density at radius 3 is 2.67 bits per heavy atom. The zero-order valence-electron chi connectivity index (χ0n) is 10.4. The van der Waals surface area contributed by atoms with Crippen LogP contribution in [0.4, 0.5) is 10.5 Å². The van der Waals surface area contributed by atoms with Gasteiger partial charge in [-0.2, -0.15) is 4.98 Å². The lowest BCUT2D eigenvalue weighted by Crippen LogP contribution is -2.10. The number of carbonyl (C=O) groups is 1. The molecule has 21 heavy (non-hydrogen) atoms. The predicted molar refractivity (Wildman–Crippen MR) is 81.7 cm³/mol. The van der Waals surface area contributed by atoms with Crippen molar-refractivity contribution in [3.8, 4) is 5.88 Å². The van der Waals surface area contributed by atoms with Crippen LogP contribution in [-0.2, 0) is 6.61 Å². The van der Waals surface area contributed by atoms with Gasteiger partial charge in [-0.15, -0.1) is 0 Å². The minimum Gasteiger partial charge on any atom is -0.472 e. The lowest BCUT2D eigenvalue weighted by molar-refractivity contribution is 0.209. The smallest absolute Gasteiger partial charge is 0.409 e. The van der Waals surface area contributed by atoms with Gasteiger partial charge in [0.1, 0.15) is 11.6 Å². The van der Waals surface area contributed by atoms with E-state index in [0.29, 0.717) is 11.3 Å². The SMILES string of the molecule is O=C(O)Nc1ccccc1COc1nc(Cl)c(Cl)cc1Cl. The molecule has 2 aromatic rings. The highest BCUT2D eigenvalue weighted by Gasteiger charge is 2.11. The Bertz CT molecular complexity index is 680. The minimum atomic E-state index is -1.16. The maximum absolute atomic E-state index is 10.7. The molecule has 110 valence electrons. The zero-order chi connectivity index (χ0) is 15.4. The summed E-state index contributed by atoms with van der Waals surface area (Å²) in [5.74, 6) is 0.121. The molecule has 1 aromatic carbocycles. The number of nitrogens with zero attached hydrogens (tertiary/aromatic N) is 1. The van der Waals surface area contributed by atoms with Gasteiger partial charge in [-0.05, 0) is 12.1 Å². The first-order chi connectivity index (χ1) is 9.97. The first-order valence-electron chi connectivity index (χ1n) is 5.69. The molecule has 2 rings (SSSR count). The lowest BCUT2D eigenvalue weighted by atomic mass is 10.2. The van der Waals surface area contributed by atoms with Crippen molar-refractivity contribution >= 4 is 46.6 Å². The van der Waals surface area contributed by atoms with Crippen molar-refractivity contribution in [2.75, 3.05) is 5.32 Å². The molecule has 0 radical (unpaired) electrons. The molecule has 0 unspecified atom stereocenters. The van der Waals surface area contributed by atoms with E-state index < -0.39 is 6.09 Å². The molecule has 0 aliphatic carbocycles. The van der Waals surface area contributed by atoms with E-state index in [2.05, 4.69) is 10.3 Å². The Labute approximate surface area is 135 Å². The van der Waals surface area contributed by atoms with Crippen LogP contribution >= 0.6 is 34.8 Å². The van der Waals surface area contributed by atoms with Gasteiger partial charge in [0, 0.05) is 5.56 Å². The minimum absolute atomic E-state index is 0.0706. The Kier molecular flexibility index (Phi) is 5.12. The van der Waals surface area contributed by atoms with Crippen molar-refractivity contribution in [3.05, 3.63) is 51.1 Å². The molecule has 8 heteroatoms. The summed E-state index contributed by atoms with van der Waals surface area (Å²) in [5.41, 5.74) is 1.05. The van der Waals surface area contributed by atoms with Gasteiger partial charge in [0.2, 0.25) is 5.88 Å². The highest BCUT2D eigenvalue weighted by molar-refractivity contribution is 6.42. The first-order valence-corrected chi connectivity index (χ1v) is 6.83. The number of amides is 1. The van der Waals surface area contributed by atoms with E-state index in [4.69, 9.17) is 44.6 Å². The normalized spacial score (nSPS) is 10.2. The molecule has 0 bridgehead atoms. The number of halogens is 3. The van der Waals surface area contributed by atoms with Crippen LogP contribution in [0.2, 0.25) is 15.2 Å². The molecule has 0 aliphatic rings. The fraction of sp³-hybridized carbons (Fsp3) is 0.0769. The van der Waals surface area contributed by atoms with Crippen LogP contribution < -0.4 is 10.1 Å². The number of carboxylic acid groups (broad SMARTS) is 1. The van der Waals surface area contributed by atoms with E-state index in [0.717, 1.165) is 0 Å². The number of para-hydroxylation sites is 1. The third-order valence-electron chi connectivity index (χ3n) is 2.48. The summed E-state index contributed by atoms with van der Waals surface area (Å²) in [6, 6.07) is 8.23. The molecule has 0 saturated heterocycles.